The zero-order valence-electron chi connectivity index (χ0n) is 14.1. The van der Waals surface area contributed by atoms with Crippen molar-refractivity contribution in [1.82, 2.24) is 10.3 Å². The molecule has 0 aliphatic carbocycles. The Kier molecular flexibility index (Phi) is 5.87. The van der Waals surface area contributed by atoms with Crippen LogP contribution in [0.25, 0.3) is 10.9 Å². The summed E-state index contributed by atoms with van der Waals surface area (Å²) >= 11 is 0. The average Bonchev–Trinajstić information content (AvgIpc) is 2.62. The number of nitrogens with two attached hydrogens (primary N) is 1. The van der Waals surface area contributed by atoms with Crippen LogP contribution in [0.3, 0.4) is 0 Å². The zero-order chi connectivity index (χ0) is 17.6. The standard InChI is InChI=1S/C18H24N4O2/c1-3-18(4-2,12-19)17(24)21-11-15(23)22-14-9-5-7-13-8-6-10-20-16(13)14/h5-10H,3-4,11-12,19H2,1-2H3,(H,21,24)(H,22,23). The SMILES string of the molecule is CCC(CC)(CN)C(=O)NCC(=O)Nc1cccc2cccnc12. The molecule has 0 spiro atoms. The monoisotopic (exact) mass is 328 g/mol. The maximum atomic E-state index is 12.3. The van der Waals surface area contributed by atoms with Gasteiger partial charge in [-0.1, -0.05) is 32.0 Å². The number of amides is 2. The molecule has 0 aliphatic heterocycles. The highest BCUT2D eigenvalue weighted by molar-refractivity contribution is 6.02. The summed E-state index contributed by atoms with van der Waals surface area (Å²) in [6.45, 7) is 4.03. The van der Waals surface area contributed by atoms with Gasteiger partial charge < -0.3 is 16.4 Å². The number of pyridine rings is 1. The summed E-state index contributed by atoms with van der Waals surface area (Å²) in [7, 11) is 0. The quantitative estimate of drug-likeness (QED) is 0.724. The first kappa shape index (κ1) is 17.9. The first-order chi connectivity index (χ1) is 11.6. The second-order valence-electron chi connectivity index (χ2n) is 5.80. The van der Waals surface area contributed by atoms with E-state index < -0.39 is 5.41 Å². The summed E-state index contributed by atoms with van der Waals surface area (Å²) < 4.78 is 0. The lowest BCUT2D eigenvalue weighted by Crippen LogP contribution is -2.47. The average molecular weight is 328 g/mol. The Balaban J connectivity index is 2.02. The molecule has 128 valence electrons. The van der Waals surface area contributed by atoms with Crippen molar-refractivity contribution in [1.29, 1.82) is 0 Å². The number of anilines is 1. The molecule has 0 unspecified atom stereocenters. The molecule has 2 amide bonds. The lowest BCUT2D eigenvalue weighted by molar-refractivity contribution is -0.132. The lowest BCUT2D eigenvalue weighted by atomic mass is 9.81. The minimum atomic E-state index is -0.610. The third-order valence-electron chi connectivity index (χ3n) is 4.54. The van der Waals surface area contributed by atoms with Crippen molar-refractivity contribution in [3.63, 3.8) is 0 Å². The number of aromatic nitrogens is 1. The predicted molar refractivity (Wildman–Crippen MR) is 95.5 cm³/mol. The molecule has 0 aliphatic rings. The maximum Gasteiger partial charge on any atom is 0.243 e. The highest BCUT2D eigenvalue weighted by Crippen LogP contribution is 2.25. The molecule has 0 radical (unpaired) electrons. The lowest BCUT2D eigenvalue weighted by Gasteiger charge is -2.28. The fraction of sp³-hybridized carbons (Fsp3) is 0.389. The van der Waals surface area contributed by atoms with E-state index in [4.69, 9.17) is 5.73 Å². The van der Waals surface area contributed by atoms with Gasteiger partial charge in [0.1, 0.15) is 0 Å². The third-order valence-corrected chi connectivity index (χ3v) is 4.54. The molecule has 0 saturated heterocycles. The Morgan fingerprint density at radius 1 is 1.17 bits per heavy atom. The Labute approximate surface area is 141 Å². The second-order valence-corrected chi connectivity index (χ2v) is 5.80. The van der Waals surface area contributed by atoms with E-state index in [1.807, 2.05) is 38.1 Å². The summed E-state index contributed by atoms with van der Waals surface area (Å²) in [5.74, 6) is -0.471. The zero-order valence-corrected chi connectivity index (χ0v) is 14.1. The number of para-hydroxylation sites is 1. The molecule has 0 fully saturated rings. The van der Waals surface area contributed by atoms with E-state index in [1.165, 1.54) is 0 Å². The minimum Gasteiger partial charge on any atom is -0.347 e. The summed E-state index contributed by atoms with van der Waals surface area (Å²) in [6, 6.07) is 9.34. The molecule has 4 N–H and O–H groups in total. The van der Waals surface area contributed by atoms with E-state index in [2.05, 4.69) is 15.6 Å². The van der Waals surface area contributed by atoms with Gasteiger partial charge in [-0.2, -0.15) is 0 Å². The third kappa shape index (κ3) is 3.71. The molecular weight excluding hydrogens is 304 g/mol. The molecule has 2 rings (SSSR count). The number of benzene rings is 1. The van der Waals surface area contributed by atoms with Gasteiger partial charge >= 0.3 is 0 Å². The molecule has 2 aromatic rings. The second kappa shape index (κ2) is 7.88. The van der Waals surface area contributed by atoms with Gasteiger partial charge in [-0.25, -0.2) is 0 Å². The smallest absolute Gasteiger partial charge is 0.243 e. The normalized spacial score (nSPS) is 11.3. The summed E-state index contributed by atoms with van der Waals surface area (Å²) in [5.41, 5.74) is 6.49. The van der Waals surface area contributed by atoms with Gasteiger partial charge in [-0.05, 0) is 25.0 Å². The van der Waals surface area contributed by atoms with Crippen LogP contribution in [0.1, 0.15) is 26.7 Å². The van der Waals surface area contributed by atoms with Gasteiger partial charge in [0.15, 0.2) is 0 Å². The molecule has 6 nitrogen and oxygen atoms in total. The van der Waals surface area contributed by atoms with Crippen LogP contribution in [-0.2, 0) is 9.59 Å². The van der Waals surface area contributed by atoms with Gasteiger partial charge in [-0.3, -0.25) is 14.6 Å². The molecule has 1 aromatic carbocycles. The Morgan fingerprint density at radius 3 is 2.54 bits per heavy atom. The fourth-order valence-corrected chi connectivity index (χ4v) is 2.70. The van der Waals surface area contributed by atoms with Crippen LogP contribution >= 0.6 is 0 Å². The van der Waals surface area contributed by atoms with Gasteiger partial charge in [0.25, 0.3) is 0 Å². The topological polar surface area (TPSA) is 97.1 Å². The molecule has 0 saturated carbocycles. The molecule has 0 bridgehead atoms. The minimum absolute atomic E-state index is 0.0934. The van der Waals surface area contributed by atoms with Crippen molar-refractivity contribution >= 4 is 28.4 Å². The van der Waals surface area contributed by atoms with Crippen LogP contribution in [0.5, 0.6) is 0 Å². The van der Waals surface area contributed by atoms with Gasteiger partial charge in [0.2, 0.25) is 11.8 Å². The molecule has 1 heterocycles. The first-order valence-corrected chi connectivity index (χ1v) is 8.18. The predicted octanol–water partition coefficient (Wildman–Crippen LogP) is 2.05. The summed E-state index contributed by atoms with van der Waals surface area (Å²) in [6.07, 6.45) is 2.96. The number of hydrogen-bond donors (Lipinski definition) is 3. The van der Waals surface area contributed by atoms with Gasteiger partial charge in [0.05, 0.1) is 23.2 Å². The van der Waals surface area contributed by atoms with Crippen LogP contribution in [-0.4, -0.2) is 29.9 Å². The Morgan fingerprint density at radius 2 is 1.88 bits per heavy atom. The largest absolute Gasteiger partial charge is 0.347 e. The van der Waals surface area contributed by atoms with E-state index >= 15 is 0 Å². The Bertz CT molecular complexity index is 712. The number of carbonyl (C=O) groups excluding carboxylic acids is 2. The molecule has 24 heavy (non-hydrogen) atoms. The van der Waals surface area contributed by atoms with Crippen LogP contribution in [0.15, 0.2) is 36.5 Å². The first-order valence-electron chi connectivity index (χ1n) is 8.18. The maximum absolute atomic E-state index is 12.3. The Hall–Kier alpha value is -2.47. The van der Waals surface area contributed by atoms with Gasteiger partial charge in [0, 0.05) is 18.1 Å². The number of nitrogens with one attached hydrogen (secondary N) is 2. The van der Waals surface area contributed by atoms with E-state index in [0.29, 0.717) is 18.5 Å². The summed E-state index contributed by atoms with van der Waals surface area (Å²) in [5, 5.41) is 6.43. The van der Waals surface area contributed by atoms with Crippen molar-refractivity contribution in [2.75, 3.05) is 18.4 Å². The van der Waals surface area contributed by atoms with E-state index in [9.17, 15) is 9.59 Å². The summed E-state index contributed by atoms with van der Waals surface area (Å²) in [4.78, 5) is 28.8. The number of hydrogen-bond acceptors (Lipinski definition) is 4. The number of fused-ring (bicyclic) bond motifs is 1. The molecular formula is C18H24N4O2. The molecule has 0 atom stereocenters. The van der Waals surface area contributed by atoms with Gasteiger partial charge in [-0.15, -0.1) is 0 Å². The number of carbonyl (C=O) groups is 2. The van der Waals surface area contributed by atoms with Crippen molar-refractivity contribution < 1.29 is 9.59 Å². The van der Waals surface area contributed by atoms with Crippen molar-refractivity contribution in [2.24, 2.45) is 11.1 Å². The molecule has 6 heteroatoms. The van der Waals surface area contributed by atoms with Crippen molar-refractivity contribution in [3.05, 3.63) is 36.5 Å². The number of rotatable bonds is 7. The van der Waals surface area contributed by atoms with E-state index in [-0.39, 0.29) is 24.9 Å². The van der Waals surface area contributed by atoms with Crippen LogP contribution in [0.2, 0.25) is 0 Å². The highest BCUT2D eigenvalue weighted by atomic mass is 16.2. The van der Waals surface area contributed by atoms with E-state index in [0.717, 1.165) is 10.9 Å². The highest BCUT2D eigenvalue weighted by Gasteiger charge is 2.33. The number of nitrogens with zero attached hydrogens (tertiary/aromatic N) is 1. The van der Waals surface area contributed by atoms with E-state index in [1.54, 1.807) is 12.3 Å². The fourth-order valence-electron chi connectivity index (χ4n) is 2.70. The van der Waals surface area contributed by atoms with Crippen LogP contribution in [0, 0.1) is 5.41 Å². The van der Waals surface area contributed by atoms with Crippen molar-refractivity contribution in [3.8, 4) is 0 Å². The van der Waals surface area contributed by atoms with Crippen molar-refractivity contribution in [2.45, 2.75) is 26.7 Å². The van der Waals surface area contributed by atoms with Crippen LogP contribution in [0.4, 0.5) is 5.69 Å². The van der Waals surface area contributed by atoms with Crippen LogP contribution < -0.4 is 16.4 Å². The molecule has 1 aromatic heterocycles.